The average molecular weight is 482 g/mol. The van der Waals surface area contributed by atoms with Crippen LogP contribution >= 0.6 is 0 Å². The van der Waals surface area contributed by atoms with Crippen molar-refractivity contribution in [1.29, 1.82) is 0 Å². The Morgan fingerprint density at radius 2 is 1.44 bits per heavy atom. The van der Waals surface area contributed by atoms with Crippen LogP contribution in [0.5, 0.6) is 0 Å². The van der Waals surface area contributed by atoms with E-state index in [1.54, 1.807) is 12.4 Å². The number of hydrogen-bond donors (Lipinski definition) is 0. The number of pyridine rings is 1. The van der Waals surface area contributed by atoms with E-state index < -0.39 is 54.6 Å². The molecule has 5 atom stereocenters. The molecule has 0 spiro atoms. The van der Waals surface area contributed by atoms with Gasteiger partial charge in [0, 0.05) is 59.4 Å². The van der Waals surface area contributed by atoms with Crippen LogP contribution in [0.3, 0.4) is 0 Å². The number of likely N-dealkylation sites (N-methyl/N-ethyl adjacent to an activating group) is 1. The fraction of sp³-hybridized carbons (Fsp3) is 0.591. The molecular formula is C22H30N2O10. The smallest absolute Gasteiger partial charge is 0.303 e. The van der Waals surface area contributed by atoms with Crippen LogP contribution in [0.4, 0.5) is 5.69 Å². The molecule has 1 aliphatic rings. The molecule has 12 heteroatoms. The van der Waals surface area contributed by atoms with Crippen LogP contribution < -0.4 is 4.90 Å². The second-order valence-electron chi connectivity index (χ2n) is 7.57. The maximum Gasteiger partial charge on any atom is 0.303 e. The van der Waals surface area contributed by atoms with Gasteiger partial charge in [-0.1, -0.05) is 0 Å². The Kier molecular flexibility index (Phi) is 10.2. The molecule has 2 heterocycles. The van der Waals surface area contributed by atoms with Crippen molar-refractivity contribution in [3.8, 4) is 0 Å². The van der Waals surface area contributed by atoms with Crippen LogP contribution in [0.1, 0.15) is 27.7 Å². The maximum atomic E-state index is 11.8. The zero-order chi connectivity index (χ0) is 25.3. The van der Waals surface area contributed by atoms with Crippen molar-refractivity contribution in [1.82, 2.24) is 4.98 Å². The van der Waals surface area contributed by atoms with Crippen LogP contribution in [-0.4, -0.2) is 86.4 Å². The lowest BCUT2D eigenvalue weighted by Crippen LogP contribution is -2.63. The first-order valence-corrected chi connectivity index (χ1v) is 10.6. The van der Waals surface area contributed by atoms with Crippen molar-refractivity contribution in [2.45, 2.75) is 58.4 Å². The Morgan fingerprint density at radius 1 is 0.882 bits per heavy atom. The van der Waals surface area contributed by atoms with Gasteiger partial charge >= 0.3 is 23.9 Å². The monoisotopic (exact) mass is 482 g/mol. The number of rotatable bonds is 10. The van der Waals surface area contributed by atoms with E-state index in [0.29, 0.717) is 6.54 Å². The highest BCUT2D eigenvalue weighted by Crippen LogP contribution is 2.30. The average Bonchev–Trinajstić information content (AvgIpc) is 2.75. The number of ether oxygens (including phenoxy) is 6. The molecule has 0 aliphatic carbocycles. The number of nitrogens with zero attached hydrogens (tertiary/aromatic N) is 2. The maximum absolute atomic E-state index is 11.8. The van der Waals surface area contributed by atoms with Gasteiger partial charge in [0.1, 0.15) is 12.7 Å². The molecule has 0 amide bonds. The minimum Gasteiger partial charge on any atom is -0.463 e. The van der Waals surface area contributed by atoms with E-state index in [9.17, 15) is 19.2 Å². The van der Waals surface area contributed by atoms with Crippen molar-refractivity contribution in [2.24, 2.45) is 0 Å². The number of anilines is 1. The third-order valence-corrected chi connectivity index (χ3v) is 4.76. The summed E-state index contributed by atoms with van der Waals surface area (Å²) in [5.41, 5.74) is 0.903. The molecule has 0 bridgehead atoms. The molecule has 3 unspecified atom stereocenters. The first-order chi connectivity index (χ1) is 16.1. The van der Waals surface area contributed by atoms with Gasteiger partial charge in [-0.15, -0.1) is 0 Å². The lowest BCUT2D eigenvalue weighted by molar-refractivity contribution is -0.307. The topological polar surface area (TPSA) is 140 Å². The molecule has 2 rings (SSSR count). The van der Waals surface area contributed by atoms with Gasteiger partial charge in [-0.25, -0.2) is 0 Å². The zero-order valence-electron chi connectivity index (χ0n) is 19.8. The fourth-order valence-corrected chi connectivity index (χ4v) is 3.36. The highest BCUT2D eigenvalue weighted by molar-refractivity contribution is 5.68. The predicted octanol–water partition coefficient (Wildman–Crippen LogP) is 0.618. The van der Waals surface area contributed by atoms with Gasteiger partial charge in [0.15, 0.2) is 24.6 Å². The predicted molar refractivity (Wildman–Crippen MR) is 115 cm³/mol. The van der Waals surface area contributed by atoms with E-state index in [0.717, 1.165) is 19.5 Å². The third-order valence-electron chi connectivity index (χ3n) is 4.76. The first kappa shape index (κ1) is 27.0. The van der Waals surface area contributed by atoms with Gasteiger partial charge in [-0.3, -0.25) is 24.2 Å². The summed E-state index contributed by atoms with van der Waals surface area (Å²) >= 11 is 0. The van der Waals surface area contributed by atoms with Crippen LogP contribution in [-0.2, 0) is 47.6 Å². The molecule has 0 saturated carbocycles. The normalized spacial score (nSPS) is 24.0. The van der Waals surface area contributed by atoms with Gasteiger partial charge in [-0.05, 0) is 12.1 Å². The number of carbonyl (C=O) groups is 4. The van der Waals surface area contributed by atoms with Gasteiger partial charge < -0.3 is 33.3 Å². The lowest BCUT2D eigenvalue weighted by atomic mass is 9.98. The zero-order valence-corrected chi connectivity index (χ0v) is 19.8. The Labute approximate surface area is 197 Å². The van der Waals surface area contributed by atoms with Gasteiger partial charge in [0.2, 0.25) is 0 Å². The number of esters is 4. The Bertz CT molecular complexity index is 849. The van der Waals surface area contributed by atoms with Crippen LogP contribution in [0.25, 0.3) is 0 Å². The molecule has 1 aromatic rings. The SMILES string of the molecule is CC(=O)OCC1O[C@@H](OCCN(C)c2ccncc2)C(OC(C)=O)C(OC(C)=O)[C@@H]1OC(C)=O. The molecule has 0 aromatic carbocycles. The summed E-state index contributed by atoms with van der Waals surface area (Å²) < 4.78 is 32.8. The highest BCUT2D eigenvalue weighted by Gasteiger charge is 2.52. The third kappa shape index (κ3) is 8.27. The van der Waals surface area contributed by atoms with E-state index in [2.05, 4.69) is 4.98 Å². The van der Waals surface area contributed by atoms with Gasteiger partial charge in [0.25, 0.3) is 0 Å². The fourth-order valence-electron chi connectivity index (χ4n) is 3.36. The number of aromatic nitrogens is 1. The molecule has 0 N–H and O–H groups in total. The van der Waals surface area contributed by atoms with E-state index in [-0.39, 0.29) is 13.2 Å². The van der Waals surface area contributed by atoms with Crippen molar-refractivity contribution in [3.05, 3.63) is 24.5 Å². The Hall–Kier alpha value is -3.25. The number of hydrogen-bond acceptors (Lipinski definition) is 12. The van der Waals surface area contributed by atoms with Gasteiger partial charge in [-0.2, -0.15) is 0 Å². The van der Waals surface area contributed by atoms with Crippen LogP contribution in [0, 0.1) is 0 Å². The van der Waals surface area contributed by atoms with Crippen molar-refractivity contribution >= 4 is 29.6 Å². The first-order valence-electron chi connectivity index (χ1n) is 10.6. The van der Waals surface area contributed by atoms with Crippen LogP contribution in [0.15, 0.2) is 24.5 Å². The largest absolute Gasteiger partial charge is 0.463 e. The van der Waals surface area contributed by atoms with Crippen LogP contribution in [0.2, 0.25) is 0 Å². The summed E-state index contributed by atoms with van der Waals surface area (Å²) in [6.07, 6.45) is -2.66. The molecule has 1 saturated heterocycles. The van der Waals surface area contributed by atoms with Gasteiger partial charge in [0.05, 0.1) is 6.61 Å². The quantitative estimate of drug-likeness (QED) is 0.341. The second-order valence-corrected chi connectivity index (χ2v) is 7.57. The summed E-state index contributed by atoms with van der Waals surface area (Å²) in [6, 6.07) is 3.66. The standard InChI is InChI=1S/C22H30N2O10/c1-13(25)30-12-18-19(31-14(2)26)20(32-15(3)27)21(33-16(4)28)22(34-18)29-11-10-24(5)17-6-8-23-9-7-17/h6-9,18-22H,10-12H2,1-5H3/t18?,19-,20?,21?,22-/m1/s1. The molecule has 12 nitrogen and oxygen atoms in total. The summed E-state index contributed by atoms with van der Waals surface area (Å²) in [4.78, 5) is 52.6. The van der Waals surface area contributed by atoms with E-state index >= 15 is 0 Å². The van der Waals surface area contributed by atoms with Crippen molar-refractivity contribution in [3.63, 3.8) is 0 Å². The highest BCUT2D eigenvalue weighted by atomic mass is 16.7. The summed E-state index contributed by atoms with van der Waals surface area (Å²) in [7, 11) is 1.85. The molecule has 0 radical (unpaired) electrons. The van der Waals surface area contributed by atoms with Crippen molar-refractivity contribution < 1.29 is 47.6 Å². The van der Waals surface area contributed by atoms with E-state index in [4.69, 9.17) is 28.4 Å². The summed E-state index contributed by atoms with van der Waals surface area (Å²) in [5.74, 6) is -2.68. The molecule has 188 valence electrons. The van der Waals surface area contributed by atoms with Crippen molar-refractivity contribution in [2.75, 3.05) is 31.7 Å². The number of carbonyl (C=O) groups excluding carboxylic acids is 4. The molecule has 1 aliphatic heterocycles. The summed E-state index contributed by atoms with van der Waals surface area (Å²) in [6.45, 7) is 4.94. The Morgan fingerprint density at radius 3 is 2.00 bits per heavy atom. The van der Waals surface area contributed by atoms with E-state index in [1.807, 2.05) is 24.1 Å². The minimum absolute atomic E-state index is 0.132. The molecule has 1 fully saturated rings. The lowest BCUT2D eigenvalue weighted by Gasteiger charge is -2.44. The minimum atomic E-state index is -1.26. The second kappa shape index (κ2) is 12.8. The van der Waals surface area contributed by atoms with E-state index in [1.165, 1.54) is 13.8 Å². The Balaban J connectivity index is 2.25. The summed E-state index contributed by atoms with van der Waals surface area (Å²) in [5, 5.41) is 0. The molecule has 1 aromatic heterocycles. The molecular weight excluding hydrogens is 452 g/mol. The molecule has 34 heavy (non-hydrogen) atoms.